The number of benzene rings is 1. The first kappa shape index (κ1) is 16.3. The fourth-order valence-electron chi connectivity index (χ4n) is 4.22. The molecule has 0 bridgehead atoms. The van der Waals surface area contributed by atoms with Gasteiger partial charge in [-0.2, -0.15) is 0 Å². The Morgan fingerprint density at radius 1 is 1.33 bits per heavy atom. The summed E-state index contributed by atoms with van der Waals surface area (Å²) in [6.45, 7) is 3.21. The molecule has 0 spiro atoms. The molecule has 1 aromatic carbocycles. The Balaban J connectivity index is 1.60. The third kappa shape index (κ3) is 3.16. The molecule has 1 aromatic heterocycles. The van der Waals surface area contributed by atoms with Gasteiger partial charge in [0.2, 0.25) is 0 Å². The van der Waals surface area contributed by atoms with Gasteiger partial charge in [0.05, 0.1) is 18.2 Å². The number of likely N-dealkylation sites (tertiary alicyclic amines) is 1. The van der Waals surface area contributed by atoms with Crippen LogP contribution in [0.25, 0.3) is 10.9 Å². The first-order valence-corrected chi connectivity index (χ1v) is 9.13. The highest BCUT2D eigenvalue weighted by Gasteiger charge is 2.37. The number of rotatable bonds is 3. The summed E-state index contributed by atoms with van der Waals surface area (Å²) < 4.78 is 5.63. The van der Waals surface area contributed by atoms with Gasteiger partial charge < -0.3 is 9.84 Å². The summed E-state index contributed by atoms with van der Waals surface area (Å²) in [4.78, 5) is 7.03. The zero-order chi connectivity index (χ0) is 16.5. The number of aliphatic hydroxyl groups excluding tert-OH is 1. The van der Waals surface area contributed by atoms with Gasteiger partial charge in [0.25, 0.3) is 0 Å². The van der Waals surface area contributed by atoms with Gasteiger partial charge in [-0.25, -0.2) is 0 Å². The van der Waals surface area contributed by atoms with E-state index in [4.69, 9.17) is 16.3 Å². The molecule has 3 unspecified atom stereocenters. The summed E-state index contributed by atoms with van der Waals surface area (Å²) in [5.41, 5.74) is 2.18. The molecule has 1 N–H and O–H groups in total. The smallest absolute Gasteiger partial charge is 0.0747 e. The molecule has 24 heavy (non-hydrogen) atoms. The number of hydrogen-bond acceptors (Lipinski definition) is 4. The van der Waals surface area contributed by atoms with Crippen LogP contribution in [-0.4, -0.2) is 46.9 Å². The van der Waals surface area contributed by atoms with E-state index in [9.17, 15) is 5.11 Å². The average molecular weight is 347 g/mol. The highest BCUT2D eigenvalue weighted by molar-refractivity contribution is 6.31. The van der Waals surface area contributed by atoms with E-state index in [-0.39, 0.29) is 12.0 Å². The van der Waals surface area contributed by atoms with Crippen molar-refractivity contribution in [2.75, 3.05) is 19.8 Å². The third-order valence-corrected chi connectivity index (χ3v) is 5.61. The molecule has 0 radical (unpaired) electrons. The maximum atomic E-state index is 10.4. The number of fused-ring (bicyclic) bond motifs is 1. The van der Waals surface area contributed by atoms with Crippen LogP contribution >= 0.6 is 11.6 Å². The summed E-state index contributed by atoms with van der Waals surface area (Å²) in [5.74, 6) is 0.208. The standard InChI is InChI=1S/C19H23ClN2O2/c20-15-9-13-3-1-6-21-19(13)14(10-15)11-22-7-2-4-17(22)16-12-24-8-5-18(16)23/h1,3,6,9-10,16-18,23H,2,4-5,7-8,11-12H2. The number of hydrogen-bond donors (Lipinski definition) is 1. The quantitative estimate of drug-likeness (QED) is 0.926. The van der Waals surface area contributed by atoms with E-state index in [1.807, 2.05) is 24.4 Å². The van der Waals surface area contributed by atoms with Crippen molar-refractivity contribution in [1.82, 2.24) is 9.88 Å². The molecule has 0 amide bonds. The predicted molar refractivity (Wildman–Crippen MR) is 95.1 cm³/mol. The van der Waals surface area contributed by atoms with Crippen molar-refractivity contribution in [3.63, 3.8) is 0 Å². The van der Waals surface area contributed by atoms with Crippen molar-refractivity contribution in [2.24, 2.45) is 5.92 Å². The molecule has 3 heterocycles. The lowest BCUT2D eigenvalue weighted by molar-refractivity contribution is -0.0635. The number of nitrogens with zero attached hydrogens (tertiary/aromatic N) is 2. The van der Waals surface area contributed by atoms with Crippen molar-refractivity contribution in [3.8, 4) is 0 Å². The molecule has 128 valence electrons. The summed E-state index contributed by atoms with van der Waals surface area (Å²) in [6, 6.07) is 8.36. The van der Waals surface area contributed by atoms with E-state index in [0.717, 1.165) is 47.4 Å². The van der Waals surface area contributed by atoms with E-state index in [2.05, 4.69) is 16.0 Å². The second-order valence-corrected chi connectivity index (χ2v) is 7.35. The molecule has 5 heteroatoms. The fraction of sp³-hybridized carbons (Fsp3) is 0.526. The predicted octanol–water partition coefficient (Wildman–Crippen LogP) is 3.25. The SMILES string of the molecule is OC1CCOCC1C1CCCN1Cc1cc(Cl)cc2cccnc12. The molecule has 2 aliphatic heterocycles. The molecule has 4 nitrogen and oxygen atoms in total. The van der Waals surface area contributed by atoms with E-state index in [0.29, 0.717) is 19.3 Å². The van der Waals surface area contributed by atoms with E-state index < -0.39 is 0 Å². The highest BCUT2D eigenvalue weighted by atomic mass is 35.5. The molecule has 0 aliphatic carbocycles. The fourth-order valence-corrected chi connectivity index (χ4v) is 4.47. The number of ether oxygens (including phenoxy) is 1. The second kappa shape index (κ2) is 6.96. The van der Waals surface area contributed by atoms with E-state index >= 15 is 0 Å². The van der Waals surface area contributed by atoms with Gasteiger partial charge in [-0.3, -0.25) is 9.88 Å². The first-order chi connectivity index (χ1) is 11.7. The lowest BCUT2D eigenvalue weighted by atomic mass is 9.89. The number of aromatic nitrogens is 1. The minimum Gasteiger partial charge on any atom is -0.393 e. The van der Waals surface area contributed by atoms with Crippen molar-refractivity contribution >= 4 is 22.5 Å². The Kier molecular flexibility index (Phi) is 4.72. The largest absolute Gasteiger partial charge is 0.393 e. The molecular formula is C19H23ClN2O2. The van der Waals surface area contributed by atoms with Gasteiger partial charge in [-0.15, -0.1) is 0 Å². The zero-order valence-corrected chi connectivity index (χ0v) is 14.5. The highest BCUT2D eigenvalue weighted by Crippen LogP contribution is 2.32. The van der Waals surface area contributed by atoms with E-state index in [1.54, 1.807) is 0 Å². The van der Waals surface area contributed by atoms with Crippen LogP contribution in [0.5, 0.6) is 0 Å². The lowest BCUT2D eigenvalue weighted by Gasteiger charge is -2.37. The third-order valence-electron chi connectivity index (χ3n) is 5.39. The summed E-state index contributed by atoms with van der Waals surface area (Å²) in [6.07, 6.45) is 4.62. The van der Waals surface area contributed by atoms with Crippen LogP contribution in [0.15, 0.2) is 30.5 Å². The van der Waals surface area contributed by atoms with Crippen LogP contribution < -0.4 is 0 Å². The molecular weight excluding hydrogens is 324 g/mol. The van der Waals surface area contributed by atoms with Gasteiger partial charge in [0, 0.05) is 41.7 Å². The zero-order valence-electron chi connectivity index (χ0n) is 13.7. The van der Waals surface area contributed by atoms with Crippen LogP contribution in [0.4, 0.5) is 0 Å². The van der Waals surface area contributed by atoms with Crippen LogP contribution in [0, 0.1) is 5.92 Å². The lowest BCUT2D eigenvalue weighted by Crippen LogP contribution is -2.45. The first-order valence-electron chi connectivity index (χ1n) is 8.75. The molecule has 2 aromatic rings. The van der Waals surface area contributed by atoms with Crippen molar-refractivity contribution in [2.45, 2.75) is 38.0 Å². The van der Waals surface area contributed by atoms with Crippen molar-refractivity contribution in [3.05, 3.63) is 41.0 Å². The van der Waals surface area contributed by atoms with Gasteiger partial charge >= 0.3 is 0 Å². The van der Waals surface area contributed by atoms with E-state index in [1.165, 1.54) is 6.42 Å². The molecule has 0 saturated carbocycles. The Bertz CT molecular complexity index is 724. The molecule has 4 rings (SSSR count). The van der Waals surface area contributed by atoms with Crippen molar-refractivity contribution < 1.29 is 9.84 Å². The summed E-state index contributed by atoms with van der Waals surface area (Å²) in [7, 11) is 0. The topological polar surface area (TPSA) is 45.6 Å². The maximum absolute atomic E-state index is 10.4. The Hall–Kier alpha value is -1.20. The van der Waals surface area contributed by atoms with Crippen LogP contribution in [-0.2, 0) is 11.3 Å². The monoisotopic (exact) mass is 346 g/mol. The van der Waals surface area contributed by atoms with Crippen LogP contribution in [0.2, 0.25) is 5.02 Å². The minimum atomic E-state index is -0.251. The molecule has 2 fully saturated rings. The summed E-state index contributed by atoms with van der Waals surface area (Å²) in [5, 5.41) is 12.2. The van der Waals surface area contributed by atoms with Gasteiger partial charge in [0.15, 0.2) is 0 Å². The van der Waals surface area contributed by atoms with Gasteiger partial charge in [0.1, 0.15) is 0 Å². The Morgan fingerprint density at radius 3 is 3.12 bits per heavy atom. The van der Waals surface area contributed by atoms with Gasteiger partial charge in [-0.1, -0.05) is 17.7 Å². The number of aliphatic hydroxyl groups is 1. The Morgan fingerprint density at radius 2 is 2.25 bits per heavy atom. The molecule has 2 saturated heterocycles. The number of pyridine rings is 1. The second-order valence-electron chi connectivity index (χ2n) is 6.91. The van der Waals surface area contributed by atoms with Crippen LogP contribution in [0.1, 0.15) is 24.8 Å². The van der Waals surface area contributed by atoms with Crippen molar-refractivity contribution in [1.29, 1.82) is 0 Å². The Labute approximate surface area is 147 Å². The normalized spacial score (nSPS) is 28.5. The number of halogens is 1. The maximum Gasteiger partial charge on any atom is 0.0747 e. The minimum absolute atomic E-state index is 0.208. The molecule has 2 aliphatic rings. The average Bonchev–Trinajstić information content (AvgIpc) is 3.03. The van der Waals surface area contributed by atoms with Crippen LogP contribution in [0.3, 0.4) is 0 Å². The van der Waals surface area contributed by atoms with Gasteiger partial charge in [-0.05, 0) is 49.6 Å². The molecule has 3 atom stereocenters. The summed E-state index contributed by atoms with van der Waals surface area (Å²) >= 11 is 6.31.